The monoisotopic (exact) mass is 335 g/mol. The summed E-state index contributed by atoms with van der Waals surface area (Å²) in [5.74, 6) is 0. The number of para-hydroxylation sites is 2. The van der Waals surface area contributed by atoms with Crippen LogP contribution in [0.3, 0.4) is 0 Å². The maximum absolute atomic E-state index is 5.06. The average molecular weight is 335 g/mol. The molecule has 0 radical (unpaired) electrons. The van der Waals surface area contributed by atoms with Gasteiger partial charge in [-0.1, -0.05) is 36.4 Å². The number of imidazole rings is 1. The molecule has 3 heterocycles. The van der Waals surface area contributed by atoms with Gasteiger partial charge >= 0.3 is 0 Å². The Morgan fingerprint density at radius 3 is 2.42 bits per heavy atom. The zero-order valence-electron chi connectivity index (χ0n) is 14.7. The van der Waals surface area contributed by atoms with E-state index in [4.69, 9.17) is 4.98 Å². The fourth-order valence-electron chi connectivity index (χ4n) is 4.20. The van der Waals surface area contributed by atoms with Gasteiger partial charge in [0.25, 0.3) is 0 Å². The van der Waals surface area contributed by atoms with Gasteiger partial charge in [-0.3, -0.25) is 4.40 Å². The summed E-state index contributed by atoms with van der Waals surface area (Å²) in [6, 6.07) is 21.5. The highest BCUT2D eigenvalue weighted by Gasteiger charge is 2.17. The molecule has 124 valence electrons. The number of rotatable bonds is 0. The van der Waals surface area contributed by atoms with E-state index in [9.17, 15) is 0 Å². The Kier molecular flexibility index (Phi) is 2.48. The number of nitrogens with one attached hydrogen (secondary N) is 1. The lowest BCUT2D eigenvalue weighted by Crippen LogP contribution is -1.91. The van der Waals surface area contributed by atoms with Crippen LogP contribution < -0.4 is 0 Å². The molecule has 3 nitrogen and oxygen atoms in total. The highest BCUT2D eigenvalue weighted by molar-refractivity contribution is 6.22. The first-order chi connectivity index (χ1) is 12.7. The molecular formula is C23H17N3. The number of aromatic amines is 1. The third-order valence-electron chi connectivity index (χ3n) is 5.61. The van der Waals surface area contributed by atoms with Gasteiger partial charge in [-0.2, -0.15) is 0 Å². The zero-order valence-corrected chi connectivity index (χ0v) is 14.7. The number of hydrogen-bond acceptors (Lipinski definition) is 1. The van der Waals surface area contributed by atoms with E-state index in [0.29, 0.717) is 0 Å². The Hall–Kier alpha value is -3.33. The number of nitrogens with zero attached hydrogens (tertiary/aromatic N) is 2. The van der Waals surface area contributed by atoms with Crippen molar-refractivity contribution in [1.82, 2.24) is 14.4 Å². The summed E-state index contributed by atoms with van der Waals surface area (Å²) >= 11 is 0. The van der Waals surface area contributed by atoms with Gasteiger partial charge in [0, 0.05) is 16.3 Å². The van der Waals surface area contributed by atoms with E-state index >= 15 is 0 Å². The van der Waals surface area contributed by atoms with E-state index in [1.54, 1.807) is 0 Å². The molecule has 0 saturated heterocycles. The van der Waals surface area contributed by atoms with Crippen LogP contribution in [0.1, 0.15) is 11.1 Å². The van der Waals surface area contributed by atoms with Crippen LogP contribution in [0.5, 0.6) is 0 Å². The number of aryl methyl sites for hydroxylation is 2. The number of pyridine rings is 1. The third kappa shape index (κ3) is 1.60. The van der Waals surface area contributed by atoms with Gasteiger partial charge in [0.15, 0.2) is 0 Å². The van der Waals surface area contributed by atoms with Gasteiger partial charge in [0.2, 0.25) is 0 Å². The lowest BCUT2D eigenvalue weighted by Gasteiger charge is -2.06. The minimum atomic E-state index is 1.02. The smallest absolute Gasteiger partial charge is 0.148 e. The summed E-state index contributed by atoms with van der Waals surface area (Å²) in [4.78, 5) is 8.69. The van der Waals surface area contributed by atoms with Crippen LogP contribution in [0.2, 0.25) is 0 Å². The summed E-state index contributed by atoms with van der Waals surface area (Å²) in [7, 11) is 0. The number of benzene rings is 3. The minimum absolute atomic E-state index is 1.02. The molecule has 3 aromatic carbocycles. The molecule has 0 saturated carbocycles. The van der Waals surface area contributed by atoms with E-state index in [0.717, 1.165) is 22.2 Å². The molecule has 26 heavy (non-hydrogen) atoms. The van der Waals surface area contributed by atoms with E-state index in [2.05, 4.69) is 83.9 Å². The molecule has 0 aliphatic rings. The van der Waals surface area contributed by atoms with Crippen molar-refractivity contribution in [1.29, 1.82) is 0 Å². The van der Waals surface area contributed by atoms with Crippen LogP contribution in [-0.2, 0) is 0 Å². The highest BCUT2D eigenvalue weighted by Crippen LogP contribution is 2.36. The number of H-pyrrole nitrogens is 1. The molecular weight excluding hydrogens is 318 g/mol. The molecule has 0 fully saturated rings. The average Bonchev–Trinajstić information content (AvgIpc) is 3.21. The van der Waals surface area contributed by atoms with Crippen molar-refractivity contribution in [2.75, 3.05) is 0 Å². The summed E-state index contributed by atoms with van der Waals surface area (Å²) in [5, 5.41) is 3.65. The fourth-order valence-corrected chi connectivity index (χ4v) is 4.20. The molecule has 0 bridgehead atoms. The topological polar surface area (TPSA) is 33.1 Å². The van der Waals surface area contributed by atoms with Gasteiger partial charge in [0.05, 0.1) is 27.5 Å². The SMILES string of the molecule is Cc1cc2nc3c4c5ccccc5[nH]c4c4ccccc4n3c2cc1C. The van der Waals surface area contributed by atoms with Crippen molar-refractivity contribution in [3.05, 3.63) is 71.8 Å². The summed E-state index contributed by atoms with van der Waals surface area (Å²) in [6.07, 6.45) is 0. The largest absolute Gasteiger partial charge is 0.354 e. The van der Waals surface area contributed by atoms with Crippen LogP contribution in [0.4, 0.5) is 0 Å². The lowest BCUT2D eigenvalue weighted by atomic mass is 10.1. The lowest BCUT2D eigenvalue weighted by molar-refractivity contribution is 1.30. The Bertz CT molecular complexity index is 1500. The van der Waals surface area contributed by atoms with Crippen molar-refractivity contribution in [3.8, 4) is 0 Å². The van der Waals surface area contributed by atoms with Crippen LogP contribution >= 0.6 is 0 Å². The van der Waals surface area contributed by atoms with E-state index in [1.165, 1.54) is 38.3 Å². The van der Waals surface area contributed by atoms with Crippen LogP contribution in [0.25, 0.3) is 49.4 Å². The Balaban J connectivity index is 2.03. The first-order valence-electron chi connectivity index (χ1n) is 8.93. The molecule has 1 N–H and O–H groups in total. The molecule has 0 aliphatic carbocycles. The van der Waals surface area contributed by atoms with Crippen LogP contribution in [0.15, 0.2) is 60.7 Å². The van der Waals surface area contributed by atoms with E-state index in [1.807, 2.05) is 0 Å². The highest BCUT2D eigenvalue weighted by atomic mass is 15.0. The number of aromatic nitrogens is 3. The molecule has 0 atom stereocenters. The molecule has 6 rings (SSSR count). The van der Waals surface area contributed by atoms with E-state index in [-0.39, 0.29) is 0 Å². The summed E-state index contributed by atoms with van der Waals surface area (Å²) in [6.45, 7) is 4.32. The number of hydrogen-bond donors (Lipinski definition) is 1. The van der Waals surface area contributed by atoms with Gasteiger partial charge < -0.3 is 4.98 Å². The maximum atomic E-state index is 5.06. The van der Waals surface area contributed by atoms with Crippen LogP contribution in [-0.4, -0.2) is 14.4 Å². The van der Waals surface area contributed by atoms with Crippen LogP contribution in [0, 0.1) is 13.8 Å². The van der Waals surface area contributed by atoms with E-state index < -0.39 is 0 Å². The van der Waals surface area contributed by atoms with Gasteiger partial charge in [-0.05, 0) is 49.2 Å². The second-order valence-corrected chi connectivity index (χ2v) is 7.13. The molecule has 3 heteroatoms. The molecule has 0 spiro atoms. The van der Waals surface area contributed by atoms with Crippen molar-refractivity contribution in [2.45, 2.75) is 13.8 Å². The molecule has 0 aliphatic heterocycles. The van der Waals surface area contributed by atoms with Crippen molar-refractivity contribution in [3.63, 3.8) is 0 Å². The Morgan fingerprint density at radius 1 is 0.808 bits per heavy atom. The Morgan fingerprint density at radius 2 is 1.54 bits per heavy atom. The standard InChI is InChI=1S/C23H17N3/c1-13-11-18-20(12-14(13)2)26-19-10-6-4-8-16(19)22-21(23(26)25-18)15-7-3-5-9-17(15)24-22/h3-12,24H,1-2H3. The zero-order chi connectivity index (χ0) is 17.4. The second kappa shape index (κ2) is 4.64. The Labute approximate surface area is 149 Å². The molecule has 6 aromatic rings. The predicted octanol–water partition coefficient (Wildman–Crippen LogP) is 5.89. The predicted molar refractivity (Wildman–Crippen MR) is 109 cm³/mol. The normalized spacial score (nSPS) is 12.2. The summed E-state index contributed by atoms with van der Waals surface area (Å²) in [5.41, 5.74) is 9.33. The van der Waals surface area contributed by atoms with Gasteiger partial charge in [0.1, 0.15) is 5.65 Å². The second-order valence-electron chi connectivity index (χ2n) is 7.13. The quantitative estimate of drug-likeness (QED) is 0.369. The number of fused-ring (bicyclic) bond motifs is 10. The van der Waals surface area contributed by atoms with Gasteiger partial charge in [-0.15, -0.1) is 0 Å². The third-order valence-corrected chi connectivity index (χ3v) is 5.61. The summed E-state index contributed by atoms with van der Waals surface area (Å²) < 4.78 is 2.32. The first-order valence-corrected chi connectivity index (χ1v) is 8.93. The molecule has 0 unspecified atom stereocenters. The molecule has 0 amide bonds. The van der Waals surface area contributed by atoms with Crippen molar-refractivity contribution >= 4 is 49.4 Å². The fraction of sp³-hybridized carbons (Fsp3) is 0.0870. The van der Waals surface area contributed by atoms with Crippen molar-refractivity contribution in [2.24, 2.45) is 0 Å². The van der Waals surface area contributed by atoms with Gasteiger partial charge in [-0.25, -0.2) is 4.98 Å². The maximum Gasteiger partial charge on any atom is 0.148 e. The molecule has 3 aromatic heterocycles. The van der Waals surface area contributed by atoms with Crippen molar-refractivity contribution < 1.29 is 0 Å². The minimum Gasteiger partial charge on any atom is -0.354 e. The first kappa shape index (κ1) is 13.9.